The predicted molar refractivity (Wildman–Crippen MR) is 83.4 cm³/mol. The third-order valence-corrected chi connectivity index (χ3v) is 4.29. The van der Waals surface area contributed by atoms with Crippen LogP contribution in [0, 0.1) is 12.8 Å². The van der Waals surface area contributed by atoms with Crippen molar-refractivity contribution in [2.45, 2.75) is 19.6 Å². The maximum absolute atomic E-state index is 5.65. The first-order valence-electron chi connectivity index (χ1n) is 7.58. The van der Waals surface area contributed by atoms with Crippen molar-refractivity contribution in [3.63, 3.8) is 0 Å². The van der Waals surface area contributed by atoms with Gasteiger partial charge < -0.3 is 4.84 Å². The number of aryl methyl sites for hydroxylation is 1. The van der Waals surface area contributed by atoms with E-state index in [1.54, 1.807) is 0 Å². The van der Waals surface area contributed by atoms with Crippen LogP contribution < -0.4 is 0 Å². The van der Waals surface area contributed by atoms with Crippen LogP contribution >= 0.6 is 0 Å². The summed E-state index contributed by atoms with van der Waals surface area (Å²) in [6.07, 6.45) is 3.98. The molecule has 0 radical (unpaired) electrons. The lowest BCUT2D eigenvalue weighted by Gasteiger charge is -2.15. The Morgan fingerprint density at radius 1 is 1.14 bits per heavy atom. The lowest BCUT2D eigenvalue weighted by molar-refractivity contribution is 0.0745. The molecule has 5 nitrogen and oxygen atoms in total. The van der Waals surface area contributed by atoms with Crippen molar-refractivity contribution in [2.75, 3.05) is 13.1 Å². The minimum Gasteiger partial charge on any atom is -0.390 e. The summed E-state index contributed by atoms with van der Waals surface area (Å²) in [4.78, 5) is 16.6. The van der Waals surface area contributed by atoms with Crippen LogP contribution in [-0.2, 0) is 11.4 Å². The average Bonchev–Trinajstić information content (AvgIpc) is 3.10. The van der Waals surface area contributed by atoms with Crippen molar-refractivity contribution in [2.24, 2.45) is 11.1 Å². The normalized spacial score (nSPS) is 24.0. The van der Waals surface area contributed by atoms with Crippen molar-refractivity contribution in [3.05, 3.63) is 59.7 Å². The molecule has 0 aliphatic carbocycles. The molecule has 2 aliphatic rings. The fourth-order valence-electron chi connectivity index (χ4n) is 3.18. The topological polar surface area (TPSA) is 50.6 Å². The first-order chi connectivity index (χ1) is 10.8. The molecule has 0 spiro atoms. The van der Waals surface area contributed by atoms with Crippen LogP contribution in [0.25, 0.3) is 0 Å². The average molecular weight is 294 g/mol. The fraction of sp³-hybridized carbons (Fsp3) is 0.353. The van der Waals surface area contributed by atoms with Crippen molar-refractivity contribution in [1.29, 1.82) is 0 Å². The summed E-state index contributed by atoms with van der Waals surface area (Å²) < 4.78 is 0. The first kappa shape index (κ1) is 13.4. The van der Waals surface area contributed by atoms with E-state index in [0.29, 0.717) is 5.92 Å². The van der Waals surface area contributed by atoms with Gasteiger partial charge in [0.2, 0.25) is 0 Å². The number of likely N-dealkylation sites (tertiary alicyclic amines) is 1. The standard InChI is InChI=1S/C17H18N4O/c1-12-18-7-13(8-19-12)9-21-10-15-16(11-21)22-20-17(15)14-5-3-2-4-6-14/h2-8,15-16H,9-11H2,1H3/t15-,16-/m1/s1. The number of nitrogens with zero attached hydrogens (tertiary/aromatic N) is 4. The van der Waals surface area contributed by atoms with Gasteiger partial charge in [-0.1, -0.05) is 35.5 Å². The lowest BCUT2D eigenvalue weighted by Crippen LogP contribution is -2.23. The highest BCUT2D eigenvalue weighted by Crippen LogP contribution is 2.30. The van der Waals surface area contributed by atoms with Crippen molar-refractivity contribution in [1.82, 2.24) is 14.9 Å². The Hall–Kier alpha value is -2.27. The van der Waals surface area contributed by atoms with Crippen LogP contribution in [0.2, 0.25) is 0 Å². The minimum absolute atomic E-state index is 0.168. The highest BCUT2D eigenvalue weighted by molar-refractivity contribution is 6.03. The molecule has 1 aromatic carbocycles. The molecule has 22 heavy (non-hydrogen) atoms. The molecule has 1 saturated heterocycles. The highest BCUT2D eigenvalue weighted by atomic mass is 16.6. The smallest absolute Gasteiger partial charge is 0.149 e. The van der Waals surface area contributed by atoms with Crippen LogP contribution in [0.3, 0.4) is 0 Å². The van der Waals surface area contributed by atoms with Crippen molar-refractivity contribution >= 4 is 5.71 Å². The second-order valence-electron chi connectivity index (χ2n) is 5.93. The molecule has 2 atom stereocenters. The van der Waals surface area contributed by atoms with Gasteiger partial charge in [-0.25, -0.2) is 9.97 Å². The zero-order valence-corrected chi connectivity index (χ0v) is 12.5. The third-order valence-electron chi connectivity index (χ3n) is 4.29. The monoisotopic (exact) mass is 294 g/mol. The largest absolute Gasteiger partial charge is 0.390 e. The van der Waals surface area contributed by atoms with Crippen LogP contribution in [0.4, 0.5) is 0 Å². The summed E-state index contributed by atoms with van der Waals surface area (Å²) in [5.74, 6) is 1.16. The van der Waals surface area contributed by atoms with E-state index >= 15 is 0 Å². The van der Waals surface area contributed by atoms with Crippen LogP contribution in [-0.4, -0.2) is 39.8 Å². The van der Waals surface area contributed by atoms with Gasteiger partial charge in [-0.3, -0.25) is 4.90 Å². The van der Waals surface area contributed by atoms with E-state index in [9.17, 15) is 0 Å². The summed E-state index contributed by atoms with van der Waals surface area (Å²) in [6, 6.07) is 10.3. The molecule has 112 valence electrons. The van der Waals surface area contributed by atoms with Gasteiger partial charge in [-0.2, -0.15) is 0 Å². The maximum atomic E-state index is 5.65. The van der Waals surface area contributed by atoms with Gasteiger partial charge in [-0.05, 0) is 12.5 Å². The molecule has 0 unspecified atom stereocenters. The highest BCUT2D eigenvalue weighted by Gasteiger charge is 2.42. The van der Waals surface area contributed by atoms with Crippen LogP contribution in [0.5, 0.6) is 0 Å². The summed E-state index contributed by atoms with van der Waals surface area (Å²) in [5.41, 5.74) is 3.38. The van der Waals surface area contributed by atoms with Gasteiger partial charge in [0, 0.05) is 37.6 Å². The van der Waals surface area contributed by atoms with Gasteiger partial charge >= 0.3 is 0 Å². The molecule has 0 amide bonds. The third kappa shape index (κ3) is 2.48. The number of hydrogen-bond acceptors (Lipinski definition) is 5. The van der Waals surface area contributed by atoms with E-state index in [1.165, 1.54) is 0 Å². The molecule has 2 aromatic rings. The minimum atomic E-state index is 0.168. The van der Waals surface area contributed by atoms with E-state index in [1.807, 2.05) is 37.5 Å². The molecule has 4 rings (SSSR count). The molecular weight excluding hydrogens is 276 g/mol. The zero-order chi connectivity index (χ0) is 14.9. The molecule has 2 aliphatic heterocycles. The van der Waals surface area contributed by atoms with E-state index < -0.39 is 0 Å². The number of aromatic nitrogens is 2. The molecule has 0 bridgehead atoms. The molecule has 1 aromatic heterocycles. The SMILES string of the molecule is Cc1ncc(CN2C[C@H]3ON=C(c4ccccc4)[C@@H]3C2)cn1. The number of fused-ring (bicyclic) bond motifs is 1. The van der Waals surface area contributed by atoms with E-state index in [2.05, 4.69) is 32.2 Å². The van der Waals surface area contributed by atoms with E-state index in [4.69, 9.17) is 4.84 Å². The summed E-state index contributed by atoms with van der Waals surface area (Å²) in [7, 11) is 0. The maximum Gasteiger partial charge on any atom is 0.149 e. The first-order valence-corrected chi connectivity index (χ1v) is 7.58. The van der Waals surface area contributed by atoms with Crippen molar-refractivity contribution < 1.29 is 4.84 Å². The molecule has 0 N–H and O–H groups in total. The second kappa shape index (κ2) is 5.50. The quantitative estimate of drug-likeness (QED) is 0.869. The van der Waals surface area contributed by atoms with Gasteiger partial charge in [0.15, 0.2) is 0 Å². The fourth-order valence-corrected chi connectivity index (χ4v) is 3.18. The summed E-state index contributed by atoms with van der Waals surface area (Å²) >= 11 is 0. The van der Waals surface area contributed by atoms with E-state index in [-0.39, 0.29) is 6.10 Å². The Morgan fingerprint density at radius 2 is 1.91 bits per heavy atom. The zero-order valence-electron chi connectivity index (χ0n) is 12.5. The van der Waals surface area contributed by atoms with Crippen molar-refractivity contribution in [3.8, 4) is 0 Å². The molecule has 3 heterocycles. The Bertz CT molecular complexity index is 684. The molecule has 1 fully saturated rings. The Balaban J connectivity index is 1.46. The second-order valence-corrected chi connectivity index (χ2v) is 5.93. The summed E-state index contributed by atoms with van der Waals surface area (Å²) in [5, 5.41) is 4.31. The Labute approximate surface area is 129 Å². The van der Waals surface area contributed by atoms with Gasteiger partial charge in [0.1, 0.15) is 11.9 Å². The molecular formula is C17H18N4O. The number of benzene rings is 1. The van der Waals surface area contributed by atoms with Gasteiger partial charge in [0.05, 0.1) is 11.6 Å². The van der Waals surface area contributed by atoms with Gasteiger partial charge in [-0.15, -0.1) is 0 Å². The number of rotatable bonds is 3. The molecule has 0 saturated carbocycles. The van der Waals surface area contributed by atoms with E-state index in [0.717, 1.165) is 42.3 Å². The van der Waals surface area contributed by atoms with Crippen LogP contribution in [0.1, 0.15) is 17.0 Å². The number of hydrogen-bond donors (Lipinski definition) is 0. The lowest BCUT2D eigenvalue weighted by atomic mass is 9.95. The predicted octanol–water partition coefficient (Wildman–Crippen LogP) is 2.02. The molecule has 5 heteroatoms. The number of oxime groups is 1. The Kier molecular flexibility index (Phi) is 3.35. The Morgan fingerprint density at radius 3 is 2.68 bits per heavy atom. The summed E-state index contributed by atoms with van der Waals surface area (Å²) in [6.45, 7) is 4.63. The van der Waals surface area contributed by atoms with Crippen LogP contribution in [0.15, 0.2) is 47.9 Å². The van der Waals surface area contributed by atoms with Gasteiger partial charge in [0.25, 0.3) is 0 Å².